The fourth-order valence-electron chi connectivity index (χ4n) is 7.22. The molecule has 2 aromatic carbocycles. The topological polar surface area (TPSA) is 97.0 Å². The predicted octanol–water partition coefficient (Wildman–Crippen LogP) is 4.11. The third kappa shape index (κ3) is 5.03. The van der Waals surface area contributed by atoms with Gasteiger partial charge in [0.1, 0.15) is 17.4 Å². The molecule has 0 radical (unpaired) electrons. The first kappa shape index (κ1) is 27.5. The first-order valence-electron chi connectivity index (χ1n) is 15.0. The second-order valence-corrected chi connectivity index (χ2v) is 11.8. The van der Waals surface area contributed by atoms with Crippen LogP contribution in [0.4, 0.5) is 5.69 Å². The minimum atomic E-state index is -1.17. The molecule has 6 rings (SSSR count). The summed E-state index contributed by atoms with van der Waals surface area (Å²) in [6, 6.07) is 16.4. The maximum atomic E-state index is 14.2. The molecular formula is C33H39N3O5. The van der Waals surface area contributed by atoms with Crippen molar-refractivity contribution in [1.29, 1.82) is 0 Å². The molecule has 2 N–H and O–H groups in total. The van der Waals surface area contributed by atoms with Crippen molar-refractivity contribution in [2.24, 2.45) is 17.8 Å². The summed E-state index contributed by atoms with van der Waals surface area (Å²) in [5, 5.41) is 6.27. The van der Waals surface area contributed by atoms with Gasteiger partial charge in [-0.15, -0.1) is 0 Å². The molecule has 1 spiro atoms. The highest BCUT2D eigenvalue weighted by atomic mass is 16.5. The van der Waals surface area contributed by atoms with Gasteiger partial charge >= 0.3 is 0 Å². The molecule has 5 unspecified atom stereocenters. The molecule has 3 fully saturated rings. The summed E-state index contributed by atoms with van der Waals surface area (Å²) in [5.41, 5.74) is 0.535. The van der Waals surface area contributed by atoms with Gasteiger partial charge in [-0.2, -0.15) is 0 Å². The van der Waals surface area contributed by atoms with Crippen LogP contribution < -0.4 is 15.4 Å². The standard InChI is InChI=1S/C33H39N3O5/c1-3-40-24-15-13-23(14-16-24)34-30(37)27-26-17-19-33(41-26)28(27)32(39)36(20-18-22-10-5-4-6-11-22)29(33)31(38)35-25-12-8-7-9-21(25)2/h4-6,10-11,13-17,19,21,25-29H,3,7-9,12,18,20H2,1-2H3,(H,34,37)(H,35,38)/t21?,25?,26-,27?,28-,29?,33?/m1/s1. The van der Waals surface area contributed by atoms with E-state index in [2.05, 4.69) is 17.6 Å². The number of benzene rings is 2. The second-order valence-electron chi connectivity index (χ2n) is 11.8. The van der Waals surface area contributed by atoms with E-state index in [-0.39, 0.29) is 23.8 Å². The lowest BCUT2D eigenvalue weighted by Gasteiger charge is -2.36. The maximum Gasteiger partial charge on any atom is 0.246 e. The lowest BCUT2D eigenvalue weighted by atomic mass is 9.74. The summed E-state index contributed by atoms with van der Waals surface area (Å²) >= 11 is 0. The SMILES string of the molecule is CCOc1ccc(NC(=O)C2[C@H]3C=CC4(O3)C(C(=O)NC3CCCCC3C)N(CCc3ccccc3)C(=O)[C@@H]24)cc1. The number of fused-ring (bicyclic) bond motifs is 1. The molecule has 1 saturated carbocycles. The molecule has 2 aromatic rings. The molecule has 3 heterocycles. The molecule has 2 saturated heterocycles. The monoisotopic (exact) mass is 557 g/mol. The van der Waals surface area contributed by atoms with Crippen LogP contribution in [0.25, 0.3) is 0 Å². The van der Waals surface area contributed by atoms with Crippen molar-refractivity contribution in [2.45, 2.75) is 69.7 Å². The van der Waals surface area contributed by atoms with Crippen LogP contribution in [0.1, 0.15) is 45.1 Å². The van der Waals surface area contributed by atoms with E-state index in [1.165, 1.54) is 6.42 Å². The minimum Gasteiger partial charge on any atom is -0.494 e. The molecule has 0 aromatic heterocycles. The van der Waals surface area contributed by atoms with Gasteiger partial charge in [-0.3, -0.25) is 14.4 Å². The Morgan fingerprint density at radius 3 is 2.54 bits per heavy atom. The average molecular weight is 558 g/mol. The van der Waals surface area contributed by atoms with Crippen LogP contribution in [0.15, 0.2) is 66.7 Å². The average Bonchev–Trinajstić information content (AvgIpc) is 3.62. The lowest BCUT2D eigenvalue weighted by Crippen LogP contribution is -2.57. The Bertz CT molecular complexity index is 1310. The molecule has 8 heteroatoms. The highest BCUT2D eigenvalue weighted by molar-refractivity contribution is 6.02. The molecule has 8 nitrogen and oxygen atoms in total. The zero-order valence-electron chi connectivity index (χ0n) is 23.8. The minimum absolute atomic E-state index is 0.0686. The molecule has 4 aliphatic rings. The number of hydrogen-bond donors (Lipinski definition) is 2. The first-order chi connectivity index (χ1) is 19.9. The lowest BCUT2D eigenvalue weighted by molar-refractivity contribution is -0.141. The van der Waals surface area contributed by atoms with Crippen LogP contribution in [0.5, 0.6) is 5.75 Å². The maximum absolute atomic E-state index is 14.2. The van der Waals surface area contributed by atoms with E-state index in [4.69, 9.17) is 9.47 Å². The van der Waals surface area contributed by atoms with E-state index in [1.54, 1.807) is 29.2 Å². The summed E-state index contributed by atoms with van der Waals surface area (Å²) in [7, 11) is 0. The Kier molecular flexibility index (Phi) is 7.60. The van der Waals surface area contributed by atoms with Crippen molar-refractivity contribution in [3.63, 3.8) is 0 Å². The van der Waals surface area contributed by atoms with Crippen molar-refractivity contribution in [2.75, 3.05) is 18.5 Å². The van der Waals surface area contributed by atoms with Crippen molar-refractivity contribution >= 4 is 23.4 Å². The van der Waals surface area contributed by atoms with Crippen LogP contribution in [-0.2, 0) is 25.5 Å². The number of rotatable bonds is 9. The van der Waals surface area contributed by atoms with Gasteiger partial charge in [-0.25, -0.2) is 0 Å². The van der Waals surface area contributed by atoms with E-state index >= 15 is 0 Å². The van der Waals surface area contributed by atoms with E-state index in [9.17, 15) is 14.4 Å². The predicted molar refractivity (Wildman–Crippen MR) is 155 cm³/mol. The summed E-state index contributed by atoms with van der Waals surface area (Å²) in [6.07, 6.45) is 8.03. The Morgan fingerprint density at radius 2 is 1.80 bits per heavy atom. The van der Waals surface area contributed by atoms with Gasteiger partial charge < -0.3 is 25.0 Å². The van der Waals surface area contributed by atoms with Crippen molar-refractivity contribution in [1.82, 2.24) is 10.2 Å². The van der Waals surface area contributed by atoms with Crippen molar-refractivity contribution in [3.05, 3.63) is 72.3 Å². The van der Waals surface area contributed by atoms with Crippen LogP contribution in [0.2, 0.25) is 0 Å². The van der Waals surface area contributed by atoms with Gasteiger partial charge in [-0.05, 0) is 61.9 Å². The number of nitrogens with zero attached hydrogens (tertiary/aromatic N) is 1. The molecular weight excluding hydrogens is 518 g/mol. The van der Waals surface area contributed by atoms with Crippen LogP contribution in [-0.4, -0.2) is 59.6 Å². The van der Waals surface area contributed by atoms with E-state index in [0.29, 0.717) is 31.2 Å². The van der Waals surface area contributed by atoms with E-state index in [0.717, 1.165) is 30.6 Å². The zero-order valence-corrected chi connectivity index (χ0v) is 23.8. The van der Waals surface area contributed by atoms with Gasteiger partial charge in [0.15, 0.2) is 0 Å². The number of hydrogen-bond acceptors (Lipinski definition) is 5. The van der Waals surface area contributed by atoms with E-state index in [1.807, 2.05) is 49.4 Å². The van der Waals surface area contributed by atoms with Crippen LogP contribution in [0.3, 0.4) is 0 Å². The Morgan fingerprint density at radius 1 is 1.05 bits per heavy atom. The number of nitrogens with one attached hydrogen (secondary N) is 2. The number of likely N-dealkylation sites (tertiary alicyclic amines) is 1. The Hall–Kier alpha value is -3.65. The zero-order chi connectivity index (χ0) is 28.6. The number of carbonyl (C=O) groups excluding carboxylic acids is 3. The molecule has 2 bridgehead atoms. The third-order valence-corrected chi connectivity index (χ3v) is 9.28. The number of carbonyl (C=O) groups is 3. The molecule has 1 aliphatic carbocycles. The van der Waals surface area contributed by atoms with Gasteiger partial charge in [-0.1, -0.05) is 62.2 Å². The van der Waals surface area contributed by atoms with E-state index < -0.39 is 29.6 Å². The van der Waals surface area contributed by atoms with Crippen molar-refractivity contribution in [3.8, 4) is 5.75 Å². The Balaban J connectivity index is 1.27. The first-order valence-corrected chi connectivity index (χ1v) is 15.0. The Labute approximate surface area is 241 Å². The number of ether oxygens (including phenoxy) is 2. The van der Waals surface area contributed by atoms with Gasteiger partial charge in [0.05, 0.1) is 24.5 Å². The fraction of sp³-hybridized carbons (Fsp3) is 0.485. The van der Waals surface area contributed by atoms with Crippen LogP contribution >= 0.6 is 0 Å². The largest absolute Gasteiger partial charge is 0.494 e. The number of amides is 3. The fourth-order valence-corrected chi connectivity index (χ4v) is 7.22. The molecule has 7 atom stereocenters. The van der Waals surface area contributed by atoms with Crippen LogP contribution in [0, 0.1) is 17.8 Å². The molecule has 41 heavy (non-hydrogen) atoms. The molecule has 3 aliphatic heterocycles. The van der Waals surface area contributed by atoms with Crippen molar-refractivity contribution < 1.29 is 23.9 Å². The highest BCUT2D eigenvalue weighted by Crippen LogP contribution is 2.55. The summed E-state index contributed by atoms with van der Waals surface area (Å²) in [4.78, 5) is 43.6. The summed E-state index contributed by atoms with van der Waals surface area (Å²) in [6.45, 7) is 5.02. The second kappa shape index (κ2) is 11.3. The smallest absolute Gasteiger partial charge is 0.246 e. The highest BCUT2D eigenvalue weighted by Gasteiger charge is 2.72. The summed E-state index contributed by atoms with van der Waals surface area (Å²) in [5.74, 6) is -1.08. The quantitative estimate of drug-likeness (QED) is 0.453. The third-order valence-electron chi connectivity index (χ3n) is 9.28. The normalized spacial score (nSPS) is 31.7. The van der Waals surface area contributed by atoms with Gasteiger partial charge in [0.25, 0.3) is 0 Å². The van der Waals surface area contributed by atoms with Gasteiger partial charge in [0, 0.05) is 18.3 Å². The molecule has 3 amide bonds. The van der Waals surface area contributed by atoms with Gasteiger partial charge in [0.2, 0.25) is 17.7 Å². The summed E-state index contributed by atoms with van der Waals surface area (Å²) < 4.78 is 12.0. The number of anilines is 1. The molecule has 216 valence electrons.